The summed E-state index contributed by atoms with van der Waals surface area (Å²) >= 11 is 0. The van der Waals surface area contributed by atoms with Crippen molar-refractivity contribution < 1.29 is 0 Å². The minimum Gasteiger partial charge on any atom is -0.256 e. The fraction of sp³-hybridized carbons (Fsp3) is 0.267. The quantitative estimate of drug-likeness (QED) is 0.675. The van der Waals surface area contributed by atoms with Crippen LogP contribution in [0.3, 0.4) is 0 Å². The van der Waals surface area contributed by atoms with Gasteiger partial charge < -0.3 is 0 Å². The molecule has 2 rings (SSSR count). The summed E-state index contributed by atoms with van der Waals surface area (Å²) in [5.74, 6) is 0.467. The molecule has 0 spiro atoms. The topological polar surface area (TPSA) is 12.9 Å². The Morgan fingerprint density at radius 1 is 1.25 bits per heavy atom. The monoisotopic (exact) mass is 211 g/mol. The lowest BCUT2D eigenvalue weighted by atomic mass is 9.97. The van der Waals surface area contributed by atoms with Crippen molar-refractivity contribution in [2.24, 2.45) is 0 Å². The molecular formula is C15H17N. The molecule has 16 heavy (non-hydrogen) atoms. The highest BCUT2D eigenvalue weighted by molar-refractivity contribution is 5.79. The van der Waals surface area contributed by atoms with Gasteiger partial charge in [0.15, 0.2) is 0 Å². The summed E-state index contributed by atoms with van der Waals surface area (Å²) in [7, 11) is 0. The van der Waals surface area contributed by atoms with Crippen LogP contribution >= 0.6 is 0 Å². The zero-order valence-electron chi connectivity index (χ0n) is 10.1. The van der Waals surface area contributed by atoms with Crippen molar-refractivity contribution in [1.29, 1.82) is 0 Å². The second-order valence-electron chi connectivity index (χ2n) is 4.49. The van der Waals surface area contributed by atoms with Crippen LogP contribution in [0.1, 0.15) is 32.3 Å². The van der Waals surface area contributed by atoms with Crippen LogP contribution in [0.4, 0.5) is 0 Å². The van der Waals surface area contributed by atoms with Gasteiger partial charge in [-0.25, -0.2) is 0 Å². The number of rotatable bonds is 2. The fourth-order valence-electron chi connectivity index (χ4n) is 1.97. The summed E-state index contributed by atoms with van der Waals surface area (Å²) in [5.41, 5.74) is 3.77. The van der Waals surface area contributed by atoms with Gasteiger partial charge in [0.05, 0.1) is 5.52 Å². The first-order chi connectivity index (χ1) is 7.66. The Balaban J connectivity index is 2.43. The molecule has 1 aromatic heterocycles. The molecule has 1 heteroatoms. The van der Waals surface area contributed by atoms with Crippen LogP contribution in [-0.2, 0) is 0 Å². The van der Waals surface area contributed by atoms with Crippen molar-refractivity contribution >= 4 is 10.9 Å². The molecule has 0 radical (unpaired) electrons. The van der Waals surface area contributed by atoms with Crippen LogP contribution in [-0.4, -0.2) is 4.98 Å². The lowest BCUT2D eigenvalue weighted by Crippen LogP contribution is -1.90. The molecule has 1 atom stereocenters. The van der Waals surface area contributed by atoms with E-state index in [9.17, 15) is 0 Å². The summed E-state index contributed by atoms with van der Waals surface area (Å²) in [6, 6.07) is 10.6. The van der Waals surface area contributed by atoms with Gasteiger partial charge in [-0.15, -0.1) is 0 Å². The highest BCUT2D eigenvalue weighted by atomic mass is 14.6. The van der Waals surface area contributed by atoms with E-state index in [4.69, 9.17) is 0 Å². The average Bonchev–Trinajstić information content (AvgIpc) is 2.27. The molecule has 2 aromatic rings. The Hall–Kier alpha value is -1.63. The number of fused-ring (bicyclic) bond motifs is 1. The third kappa shape index (κ3) is 2.30. The first-order valence-electron chi connectivity index (χ1n) is 5.66. The predicted octanol–water partition coefficient (Wildman–Crippen LogP) is 4.30. The maximum Gasteiger partial charge on any atom is 0.0702 e. The smallest absolute Gasteiger partial charge is 0.0702 e. The number of benzene rings is 1. The van der Waals surface area contributed by atoms with Gasteiger partial charge in [0.25, 0.3) is 0 Å². The first kappa shape index (κ1) is 10.9. The van der Waals surface area contributed by atoms with Gasteiger partial charge in [0.1, 0.15) is 0 Å². The molecule has 1 heterocycles. The number of aromatic nitrogens is 1. The average molecular weight is 211 g/mol. The highest BCUT2D eigenvalue weighted by Crippen LogP contribution is 2.22. The second-order valence-corrected chi connectivity index (χ2v) is 4.49. The van der Waals surface area contributed by atoms with E-state index in [1.54, 1.807) is 0 Å². The van der Waals surface area contributed by atoms with Gasteiger partial charge in [-0.1, -0.05) is 30.7 Å². The van der Waals surface area contributed by atoms with E-state index in [2.05, 4.69) is 56.1 Å². The van der Waals surface area contributed by atoms with E-state index in [0.29, 0.717) is 5.92 Å². The maximum absolute atomic E-state index is 4.33. The number of allylic oxidation sites excluding steroid dienone is 2. The van der Waals surface area contributed by atoms with Crippen LogP contribution in [0.5, 0.6) is 0 Å². The molecule has 0 saturated carbocycles. The maximum atomic E-state index is 4.33. The van der Waals surface area contributed by atoms with Crippen molar-refractivity contribution in [3.05, 3.63) is 53.7 Å². The Kier molecular flexibility index (Phi) is 3.04. The van der Waals surface area contributed by atoms with E-state index in [1.165, 1.54) is 16.5 Å². The van der Waals surface area contributed by atoms with E-state index in [-0.39, 0.29) is 0 Å². The van der Waals surface area contributed by atoms with E-state index in [1.807, 2.05) is 12.3 Å². The Morgan fingerprint density at radius 2 is 2.06 bits per heavy atom. The molecule has 0 aliphatic rings. The summed E-state index contributed by atoms with van der Waals surface area (Å²) in [5, 5.41) is 1.22. The molecule has 1 nitrogen and oxygen atoms in total. The van der Waals surface area contributed by atoms with Crippen LogP contribution in [0.25, 0.3) is 10.9 Å². The Labute approximate surface area is 96.8 Å². The van der Waals surface area contributed by atoms with Gasteiger partial charge in [0.2, 0.25) is 0 Å². The molecule has 0 N–H and O–H groups in total. The summed E-state index contributed by atoms with van der Waals surface area (Å²) in [6.07, 6.45) is 4.12. The number of hydrogen-bond donors (Lipinski definition) is 0. The SMILES string of the molecule is CC(C)=CC(C)c1ccc2ncccc2c1. The second kappa shape index (κ2) is 4.48. The minimum atomic E-state index is 0.467. The van der Waals surface area contributed by atoms with E-state index < -0.39 is 0 Å². The van der Waals surface area contributed by atoms with Crippen molar-refractivity contribution in [2.45, 2.75) is 26.7 Å². The van der Waals surface area contributed by atoms with Gasteiger partial charge in [-0.3, -0.25) is 4.98 Å². The zero-order valence-corrected chi connectivity index (χ0v) is 10.1. The first-order valence-corrected chi connectivity index (χ1v) is 5.66. The zero-order chi connectivity index (χ0) is 11.5. The third-order valence-corrected chi connectivity index (χ3v) is 2.74. The van der Waals surface area contributed by atoms with Crippen LogP contribution in [0, 0.1) is 0 Å². The fourth-order valence-corrected chi connectivity index (χ4v) is 1.97. The molecule has 1 unspecified atom stereocenters. The normalized spacial score (nSPS) is 12.4. The van der Waals surface area contributed by atoms with E-state index in [0.717, 1.165) is 5.52 Å². The molecule has 82 valence electrons. The van der Waals surface area contributed by atoms with Crippen LogP contribution in [0.2, 0.25) is 0 Å². The molecule has 0 saturated heterocycles. The molecule has 0 fully saturated rings. The molecule has 0 aliphatic heterocycles. The van der Waals surface area contributed by atoms with Crippen molar-refractivity contribution in [2.75, 3.05) is 0 Å². The molecule has 0 amide bonds. The summed E-state index contributed by atoms with van der Waals surface area (Å²) in [4.78, 5) is 4.33. The summed E-state index contributed by atoms with van der Waals surface area (Å²) in [6.45, 7) is 6.50. The van der Waals surface area contributed by atoms with Crippen LogP contribution < -0.4 is 0 Å². The third-order valence-electron chi connectivity index (χ3n) is 2.74. The highest BCUT2D eigenvalue weighted by Gasteiger charge is 2.03. The molecular weight excluding hydrogens is 194 g/mol. The van der Waals surface area contributed by atoms with Crippen LogP contribution in [0.15, 0.2) is 48.2 Å². The summed E-state index contributed by atoms with van der Waals surface area (Å²) < 4.78 is 0. The number of nitrogens with zero attached hydrogens (tertiary/aromatic N) is 1. The van der Waals surface area contributed by atoms with Crippen molar-refractivity contribution in [1.82, 2.24) is 4.98 Å². The van der Waals surface area contributed by atoms with Crippen molar-refractivity contribution in [3.8, 4) is 0 Å². The standard InChI is InChI=1S/C15H17N/c1-11(2)9-12(3)13-6-7-15-14(10-13)5-4-8-16-15/h4-10,12H,1-3H3. The van der Waals surface area contributed by atoms with Gasteiger partial charge in [0, 0.05) is 11.6 Å². The number of pyridine rings is 1. The number of hydrogen-bond acceptors (Lipinski definition) is 1. The largest absolute Gasteiger partial charge is 0.256 e. The van der Waals surface area contributed by atoms with Gasteiger partial charge >= 0.3 is 0 Å². The molecule has 0 bridgehead atoms. The lowest BCUT2D eigenvalue weighted by Gasteiger charge is -2.08. The minimum absolute atomic E-state index is 0.467. The Bertz CT molecular complexity index is 522. The lowest BCUT2D eigenvalue weighted by molar-refractivity contribution is 0.954. The molecule has 1 aromatic carbocycles. The Morgan fingerprint density at radius 3 is 2.81 bits per heavy atom. The predicted molar refractivity (Wildman–Crippen MR) is 69.6 cm³/mol. The molecule has 0 aliphatic carbocycles. The van der Waals surface area contributed by atoms with Gasteiger partial charge in [-0.2, -0.15) is 0 Å². The van der Waals surface area contributed by atoms with Crippen molar-refractivity contribution in [3.63, 3.8) is 0 Å². The van der Waals surface area contributed by atoms with Gasteiger partial charge in [-0.05, 0) is 43.5 Å². The van der Waals surface area contributed by atoms with E-state index >= 15 is 0 Å².